The Kier molecular flexibility index (Phi) is 4.72. The zero-order valence-electron chi connectivity index (χ0n) is 11.3. The molecule has 21 heavy (non-hydrogen) atoms. The van der Waals surface area contributed by atoms with Crippen LogP contribution in [0.5, 0.6) is 5.75 Å². The minimum Gasteiger partial charge on any atom is -0.497 e. The van der Waals surface area contributed by atoms with Gasteiger partial charge in [-0.3, -0.25) is 0 Å². The van der Waals surface area contributed by atoms with Crippen LogP contribution >= 0.6 is 11.6 Å². The van der Waals surface area contributed by atoms with E-state index in [0.717, 1.165) is 5.56 Å². The minimum atomic E-state index is -3.69. The standard InChI is InChI=1S/C14H15ClN2O3S/c1-20-12-5-2-10(3-6-12)9-17-21(18,19)14-7-4-11(16)8-13(14)15/h2-8,17H,9,16H2,1H3. The first-order valence-corrected chi connectivity index (χ1v) is 7.96. The van der Waals surface area contributed by atoms with Crippen LogP contribution in [0.4, 0.5) is 5.69 Å². The summed E-state index contributed by atoms with van der Waals surface area (Å²) in [4.78, 5) is 0.00637. The van der Waals surface area contributed by atoms with E-state index in [2.05, 4.69) is 4.72 Å². The van der Waals surface area contributed by atoms with E-state index in [1.54, 1.807) is 31.4 Å². The highest BCUT2D eigenvalue weighted by atomic mass is 35.5. The van der Waals surface area contributed by atoms with Gasteiger partial charge in [-0.2, -0.15) is 0 Å². The smallest absolute Gasteiger partial charge is 0.242 e. The molecule has 3 N–H and O–H groups in total. The molecule has 0 heterocycles. The number of halogens is 1. The maximum Gasteiger partial charge on any atom is 0.242 e. The first-order valence-electron chi connectivity index (χ1n) is 6.10. The molecule has 0 saturated heterocycles. The molecule has 0 radical (unpaired) electrons. The second-order valence-electron chi connectivity index (χ2n) is 4.36. The van der Waals surface area contributed by atoms with E-state index in [-0.39, 0.29) is 16.5 Å². The summed E-state index contributed by atoms with van der Waals surface area (Å²) >= 11 is 5.92. The van der Waals surface area contributed by atoms with Crippen molar-refractivity contribution in [3.8, 4) is 5.75 Å². The van der Waals surface area contributed by atoms with Crippen LogP contribution in [-0.4, -0.2) is 15.5 Å². The quantitative estimate of drug-likeness (QED) is 0.827. The van der Waals surface area contributed by atoms with E-state index in [0.29, 0.717) is 11.4 Å². The summed E-state index contributed by atoms with van der Waals surface area (Å²) in [7, 11) is -2.12. The number of hydrogen-bond acceptors (Lipinski definition) is 4. The third-order valence-corrected chi connectivity index (χ3v) is 4.75. The minimum absolute atomic E-state index is 0.00637. The Morgan fingerprint density at radius 1 is 1.19 bits per heavy atom. The highest BCUT2D eigenvalue weighted by Crippen LogP contribution is 2.23. The fourth-order valence-corrected chi connectivity index (χ4v) is 3.30. The van der Waals surface area contributed by atoms with Crippen LogP contribution < -0.4 is 15.2 Å². The van der Waals surface area contributed by atoms with Crippen LogP contribution in [0.25, 0.3) is 0 Å². The molecule has 0 spiro atoms. The van der Waals surface area contributed by atoms with Crippen molar-refractivity contribution in [2.75, 3.05) is 12.8 Å². The summed E-state index contributed by atoms with van der Waals surface area (Å²) in [5.41, 5.74) is 6.77. The van der Waals surface area contributed by atoms with Gasteiger partial charge in [-0.15, -0.1) is 0 Å². The van der Waals surface area contributed by atoms with E-state index in [1.165, 1.54) is 18.2 Å². The number of benzene rings is 2. The van der Waals surface area contributed by atoms with Gasteiger partial charge in [0.2, 0.25) is 10.0 Å². The van der Waals surface area contributed by atoms with E-state index in [4.69, 9.17) is 22.1 Å². The molecular formula is C14H15ClN2O3S. The summed E-state index contributed by atoms with van der Waals surface area (Å²) in [5, 5.41) is 0.0947. The molecule has 0 aliphatic rings. The van der Waals surface area contributed by atoms with Gasteiger partial charge < -0.3 is 10.5 Å². The number of methoxy groups -OCH3 is 1. The molecule has 0 amide bonds. The summed E-state index contributed by atoms with van der Waals surface area (Å²) in [6.45, 7) is 0.160. The van der Waals surface area contributed by atoms with Gasteiger partial charge in [-0.1, -0.05) is 23.7 Å². The number of ether oxygens (including phenoxy) is 1. The average Bonchev–Trinajstić information content (AvgIpc) is 2.45. The molecule has 2 aromatic carbocycles. The fourth-order valence-electron chi connectivity index (χ4n) is 1.73. The zero-order valence-corrected chi connectivity index (χ0v) is 12.9. The second-order valence-corrected chi connectivity index (χ2v) is 6.51. The fraction of sp³-hybridized carbons (Fsp3) is 0.143. The summed E-state index contributed by atoms with van der Waals surface area (Å²) in [5.74, 6) is 0.711. The van der Waals surface area contributed by atoms with Crippen molar-refractivity contribution in [1.82, 2.24) is 4.72 Å². The molecule has 0 fully saturated rings. The lowest BCUT2D eigenvalue weighted by Gasteiger charge is -2.09. The first-order chi connectivity index (χ1) is 9.92. The molecule has 0 aromatic heterocycles. The van der Waals surface area contributed by atoms with Crippen molar-refractivity contribution in [3.63, 3.8) is 0 Å². The van der Waals surface area contributed by atoms with Gasteiger partial charge in [0.25, 0.3) is 0 Å². The number of sulfonamides is 1. The normalized spacial score (nSPS) is 11.3. The maximum absolute atomic E-state index is 12.2. The third-order valence-electron chi connectivity index (χ3n) is 2.87. The first kappa shape index (κ1) is 15.6. The molecule has 0 aliphatic heterocycles. The van der Waals surface area contributed by atoms with Crippen molar-refractivity contribution in [2.24, 2.45) is 0 Å². The predicted octanol–water partition coefficient (Wildman–Crippen LogP) is 2.41. The molecule has 0 saturated carbocycles. The second kappa shape index (κ2) is 6.34. The number of nitrogens with two attached hydrogens (primary N) is 1. The molecule has 2 rings (SSSR count). The number of nitrogens with one attached hydrogen (secondary N) is 1. The summed E-state index contributed by atoms with van der Waals surface area (Å²) in [6.07, 6.45) is 0. The predicted molar refractivity (Wildman–Crippen MR) is 82.9 cm³/mol. The van der Waals surface area contributed by atoms with Crippen molar-refractivity contribution in [2.45, 2.75) is 11.4 Å². The molecule has 7 heteroatoms. The Bertz CT molecular complexity index is 730. The molecule has 2 aromatic rings. The van der Waals surface area contributed by atoms with Gasteiger partial charge in [-0.25, -0.2) is 13.1 Å². The van der Waals surface area contributed by atoms with Crippen molar-refractivity contribution >= 4 is 27.3 Å². The van der Waals surface area contributed by atoms with E-state index >= 15 is 0 Å². The van der Waals surface area contributed by atoms with Gasteiger partial charge in [-0.05, 0) is 35.9 Å². The highest BCUT2D eigenvalue weighted by molar-refractivity contribution is 7.89. The van der Waals surface area contributed by atoms with Crippen molar-refractivity contribution in [1.29, 1.82) is 0 Å². The SMILES string of the molecule is COc1ccc(CNS(=O)(=O)c2ccc(N)cc2Cl)cc1. The molecule has 0 bridgehead atoms. The van der Waals surface area contributed by atoms with Crippen LogP contribution in [0.15, 0.2) is 47.4 Å². The number of anilines is 1. The van der Waals surface area contributed by atoms with Gasteiger partial charge in [0.05, 0.1) is 12.1 Å². The van der Waals surface area contributed by atoms with Crippen molar-refractivity contribution in [3.05, 3.63) is 53.1 Å². The Hall–Kier alpha value is -1.76. The Morgan fingerprint density at radius 2 is 1.86 bits per heavy atom. The molecule has 0 unspecified atom stereocenters. The number of rotatable bonds is 5. The summed E-state index contributed by atoms with van der Waals surface area (Å²) < 4.78 is 31.9. The van der Waals surface area contributed by atoms with Gasteiger partial charge in [0, 0.05) is 12.2 Å². The molecule has 5 nitrogen and oxygen atoms in total. The molecule has 0 atom stereocenters. The lowest BCUT2D eigenvalue weighted by molar-refractivity contribution is 0.414. The third kappa shape index (κ3) is 3.87. The van der Waals surface area contributed by atoms with Gasteiger partial charge in [0.15, 0.2) is 0 Å². The number of nitrogen functional groups attached to an aromatic ring is 1. The van der Waals surface area contributed by atoms with Gasteiger partial charge >= 0.3 is 0 Å². The topological polar surface area (TPSA) is 81.4 Å². The molecular weight excluding hydrogens is 312 g/mol. The van der Waals surface area contributed by atoms with Crippen LogP contribution in [0.3, 0.4) is 0 Å². The zero-order chi connectivity index (χ0) is 15.5. The van der Waals surface area contributed by atoms with Crippen LogP contribution in [-0.2, 0) is 16.6 Å². The highest BCUT2D eigenvalue weighted by Gasteiger charge is 2.17. The Balaban J connectivity index is 2.13. The lowest BCUT2D eigenvalue weighted by atomic mass is 10.2. The molecule has 112 valence electrons. The summed E-state index contributed by atoms with van der Waals surface area (Å²) in [6, 6.07) is 11.4. The van der Waals surface area contributed by atoms with E-state index in [9.17, 15) is 8.42 Å². The van der Waals surface area contributed by atoms with E-state index < -0.39 is 10.0 Å². The lowest BCUT2D eigenvalue weighted by Crippen LogP contribution is -2.23. The van der Waals surface area contributed by atoms with Gasteiger partial charge in [0.1, 0.15) is 10.6 Å². The molecule has 0 aliphatic carbocycles. The Labute approximate surface area is 128 Å². The van der Waals surface area contributed by atoms with E-state index in [1.807, 2.05) is 0 Å². The average molecular weight is 327 g/mol. The van der Waals surface area contributed by atoms with Crippen LogP contribution in [0.1, 0.15) is 5.56 Å². The van der Waals surface area contributed by atoms with Crippen LogP contribution in [0.2, 0.25) is 5.02 Å². The Morgan fingerprint density at radius 3 is 2.43 bits per heavy atom. The monoisotopic (exact) mass is 326 g/mol. The van der Waals surface area contributed by atoms with Crippen LogP contribution in [0, 0.1) is 0 Å². The number of hydrogen-bond donors (Lipinski definition) is 2. The van der Waals surface area contributed by atoms with Crippen molar-refractivity contribution < 1.29 is 13.2 Å². The maximum atomic E-state index is 12.2. The largest absolute Gasteiger partial charge is 0.497 e.